The summed E-state index contributed by atoms with van der Waals surface area (Å²) in [6.45, 7) is -0.113. The van der Waals surface area contributed by atoms with Crippen LogP contribution >= 0.6 is 31.9 Å². The Bertz CT molecular complexity index is 514. The zero-order valence-electron chi connectivity index (χ0n) is 8.73. The molecule has 0 radical (unpaired) electrons. The van der Waals surface area contributed by atoms with Crippen molar-refractivity contribution in [1.82, 2.24) is 4.98 Å². The standard InChI is InChI=1S/C12H9Br2NO2/c13-9-1-3-11(4-2-9)17-12-8(7-16)5-10(14)6-15-12/h1-6,16H,7H2. The average molecular weight is 359 g/mol. The predicted molar refractivity (Wildman–Crippen MR) is 72.1 cm³/mol. The van der Waals surface area contributed by atoms with Gasteiger partial charge in [-0.3, -0.25) is 0 Å². The molecule has 0 amide bonds. The van der Waals surface area contributed by atoms with Gasteiger partial charge in [0.2, 0.25) is 5.88 Å². The van der Waals surface area contributed by atoms with Crippen molar-refractivity contribution in [3.05, 3.63) is 51.0 Å². The van der Waals surface area contributed by atoms with Crippen LogP contribution in [-0.2, 0) is 6.61 Å². The lowest BCUT2D eigenvalue weighted by Gasteiger charge is -2.08. The van der Waals surface area contributed by atoms with Crippen LogP contribution in [0.5, 0.6) is 11.6 Å². The summed E-state index contributed by atoms with van der Waals surface area (Å²) in [6.07, 6.45) is 1.63. The van der Waals surface area contributed by atoms with Crippen LogP contribution in [0.2, 0.25) is 0 Å². The largest absolute Gasteiger partial charge is 0.439 e. The van der Waals surface area contributed by atoms with Crippen LogP contribution < -0.4 is 4.74 Å². The van der Waals surface area contributed by atoms with Gasteiger partial charge in [-0.15, -0.1) is 0 Å². The Hall–Kier alpha value is -0.910. The molecular formula is C12H9Br2NO2. The Balaban J connectivity index is 2.26. The topological polar surface area (TPSA) is 42.4 Å². The predicted octanol–water partition coefficient (Wildman–Crippen LogP) is 3.89. The number of ether oxygens (including phenoxy) is 1. The number of aliphatic hydroxyl groups is 1. The van der Waals surface area contributed by atoms with Crippen LogP contribution in [0.15, 0.2) is 45.5 Å². The normalized spacial score (nSPS) is 10.3. The smallest absolute Gasteiger partial charge is 0.224 e. The second kappa shape index (κ2) is 5.62. The third kappa shape index (κ3) is 3.28. The van der Waals surface area contributed by atoms with Crippen LogP contribution in [0.1, 0.15) is 5.56 Å². The molecule has 2 aromatic rings. The molecule has 0 atom stereocenters. The van der Waals surface area contributed by atoms with Crippen LogP contribution in [0.25, 0.3) is 0 Å². The number of rotatable bonds is 3. The highest BCUT2D eigenvalue weighted by Crippen LogP contribution is 2.26. The van der Waals surface area contributed by atoms with Gasteiger partial charge in [0.15, 0.2) is 0 Å². The van der Waals surface area contributed by atoms with Crippen LogP contribution in [-0.4, -0.2) is 10.1 Å². The molecule has 1 aromatic heterocycles. The first kappa shape index (κ1) is 12.5. The third-order valence-electron chi connectivity index (χ3n) is 2.09. The number of hydrogen-bond donors (Lipinski definition) is 1. The van der Waals surface area contributed by atoms with Crippen molar-refractivity contribution < 1.29 is 9.84 Å². The minimum Gasteiger partial charge on any atom is -0.439 e. The number of pyridine rings is 1. The Labute approximate surface area is 116 Å². The molecule has 0 spiro atoms. The molecule has 1 heterocycles. The Morgan fingerprint density at radius 3 is 2.47 bits per heavy atom. The molecule has 0 fully saturated rings. The number of hydrogen-bond acceptors (Lipinski definition) is 3. The third-order valence-corrected chi connectivity index (χ3v) is 3.05. The maximum atomic E-state index is 9.22. The highest BCUT2D eigenvalue weighted by Gasteiger charge is 2.06. The van der Waals surface area contributed by atoms with E-state index in [9.17, 15) is 5.11 Å². The number of nitrogens with zero attached hydrogens (tertiary/aromatic N) is 1. The molecule has 1 N–H and O–H groups in total. The second-order valence-electron chi connectivity index (χ2n) is 3.33. The minimum absolute atomic E-state index is 0.113. The first-order chi connectivity index (χ1) is 8.19. The number of benzene rings is 1. The van der Waals surface area contributed by atoms with E-state index in [2.05, 4.69) is 36.8 Å². The van der Waals surface area contributed by atoms with Gasteiger partial charge in [0.05, 0.1) is 6.61 Å². The molecule has 17 heavy (non-hydrogen) atoms. The van der Waals surface area contributed by atoms with Gasteiger partial charge in [0, 0.05) is 20.7 Å². The SMILES string of the molecule is OCc1cc(Br)cnc1Oc1ccc(Br)cc1. The van der Waals surface area contributed by atoms with Crippen molar-refractivity contribution in [3.8, 4) is 11.6 Å². The highest BCUT2D eigenvalue weighted by molar-refractivity contribution is 9.10. The van der Waals surface area contributed by atoms with E-state index in [0.29, 0.717) is 17.2 Å². The summed E-state index contributed by atoms with van der Waals surface area (Å²) < 4.78 is 7.39. The zero-order chi connectivity index (χ0) is 12.3. The summed E-state index contributed by atoms with van der Waals surface area (Å²) in [6, 6.07) is 9.20. The van der Waals surface area contributed by atoms with Gasteiger partial charge < -0.3 is 9.84 Å². The second-order valence-corrected chi connectivity index (χ2v) is 5.16. The fourth-order valence-electron chi connectivity index (χ4n) is 1.29. The first-order valence-electron chi connectivity index (χ1n) is 4.88. The molecule has 0 unspecified atom stereocenters. The van der Waals surface area contributed by atoms with Crippen molar-refractivity contribution in [3.63, 3.8) is 0 Å². The molecule has 3 nitrogen and oxygen atoms in total. The van der Waals surface area contributed by atoms with Crippen molar-refractivity contribution in [2.24, 2.45) is 0 Å². The lowest BCUT2D eigenvalue weighted by atomic mass is 10.3. The maximum absolute atomic E-state index is 9.22. The quantitative estimate of drug-likeness (QED) is 0.904. The molecular weight excluding hydrogens is 350 g/mol. The maximum Gasteiger partial charge on any atom is 0.224 e. The molecule has 0 bridgehead atoms. The first-order valence-corrected chi connectivity index (χ1v) is 6.46. The van der Waals surface area contributed by atoms with E-state index in [4.69, 9.17) is 4.74 Å². The molecule has 88 valence electrons. The van der Waals surface area contributed by atoms with Gasteiger partial charge in [-0.2, -0.15) is 0 Å². The Morgan fingerprint density at radius 2 is 1.82 bits per heavy atom. The summed E-state index contributed by atoms with van der Waals surface area (Å²) in [5, 5.41) is 9.22. The molecule has 0 aliphatic rings. The van der Waals surface area contributed by atoms with Crippen molar-refractivity contribution in [2.75, 3.05) is 0 Å². The molecule has 0 aliphatic heterocycles. The molecule has 0 saturated carbocycles. The van der Waals surface area contributed by atoms with Crippen molar-refractivity contribution in [2.45, 2.75) is 6.61 Å². The number of halogens is 2. The van der Waals surface area contributed by atoms with Crippen LogP contribution in [0.3, 0.4) is 0 Å². The molecule has 1 aromatic carbocycles. The van der Waals surface area contributed by atoms with Gasteiger partial charge >= 0.3 is 0 Å². The van der Waals surface area contributed by atoms with Crippen LogP contribution in [0, 0.1) is 0 Å². The lowest BCUT2D eigenvalue weighted by Crippen LogP contribution is -1.94. The minimum atomic E-state index is -0.113. The molecule has 0 saturated heterocycles. The lowest BCUT2D eigenvalue weighted by molar-refractivity contribution is 0.275. The summed E-state index contributed by atoms with van der Waals surface area (Å²) in [5.41, 5.74) is 0.641. The van der Waals surface area contributed by atoms with E-state index < -0.39 is 0 Å². The van der Waals surface area contributed by atoms with Crippen molar-refractivity contribution in [1.29, 1.82) is 0 Å². The van der Waals surface area contributed by atoms with Gasteiger partial charge in [0.1, 0.15) is 5.75 Å². The fraction of sp³-hybridized carbons (Fsp3) is 0.0833. The van der Waals surface area contributed by atoms with Gasteiger partial charge in [-0.25, -0.2) is 4.98 Å². The van der Waals surface area contributed by atoms with Gasteiger partial charge in [-0.05, 0) is 46.3 Å². The van der Waals surface area contributed by atoms with E-state index in [1.54, 1.807) is 12.3 Å². The van der Waals surface area contributed by atoms with E-state index in [0.717, 1.165) is 8.95 Å². The number of aromatic nitrogens is 1. The highest BCUT2D eigenvalue weighted by atomic mass is 79.9. The molecule has 2 rings (SSSR count). The summed E-state index contributed by atoms with van der Waals surface area (Å²) in [4.78, 5) is 4.13. The monoisotopic (exact) mass is 357 g/mol. The van der Waals surface area contributed by atoms with E-state index in [1.165, 1.54) is 0 Å². The Kier molecular flexibility index (Phi) is 4.15. The summed E-state index contributed by atoms with van der Waals surface area (Å²) >= 11 is 6.65. The average Bonchev–Trinajstić information content (AvgIpc) is 2.34. The zero-order valence-corrected chi connectivity index (χ0v) is 11.9. The molecule has 0 aliphatic carbocycles. The molecule has 5 heteroatoms. The van der Waals surface area contributed by atoms with Crippen LogP contribution in [0.4, 0.5) is 0 Å². The Morgan fingerprint density at radius 1 is 1.12 bits per heavy atom. The van der Waals surface area contributed by atoms with E-state index in [-0.39, 0.29) is 6.61 Å². The van der Waals surface area contributed by atoms with E-state index >= 15 is 0 Å². The van der Waals surface area contributed by atoms with Crippen molar-refractivity contribution >= 4 is 31.9 Å². The number of aliphatic hydroxyl groups excluding tert-OH is 1. The van der Waals surface area contributed by atoms with E-state index in [1.807, 2.05) is 24.3 Å². The fourth-order valence-corrected chi connectivity index (χ4v) is 1.93. The summed E-state index contributed by atoms with van der Waals surface area (Å²) in [5.74, 6) is 1.09. The summed E-state index contributed by atoms with van der Waals surface area (Å²) in [7, 11) is 0. The van der Waals surface area contributed by atoms with Gasteiger partial charge in [-0.1, -0.05) is 15.9 Å². The van der Waals surface area contributed by atoms with Gasteiger partial charge in [0.25, 0.3) is 0 Å².